The molecule has 0 spiro atoms. The predicted octanol–water partition coefficient (Wildman–Crippen LogP) is 3.12. The van der Waals surface area contributed by atoms with Gasteiger partial charge in [0.2, 0.25) is 0 Å². The molecule has 0 N–H and O–H groups in total. The molecule has 1 aliphatic rings. The fourth-order valence-electron chi connectivity index (χ4n) is 2.32. The van der Waals surface area contributed by atoms with Crippen molar-refractivity contribution in [1.82, 2.24) is 4.98 Å². The van der Waals surface area contributed by atoms with Crippen molar-refractivity contribution in [2.75, 3.05) is 11.5 Å². The summed E-state index contributed by atoms with van der Waals surface area (Å²) in [6, 6.07) is 0.835. The molecule has 2 rings (SSSR count). The van der Waals surface area contributed by atoms with Crippen molar-refractivity contribution >= 4 is 21.4 Å². The molecule has 3 nitrogen and oxygen atoms in total. The molecule has 0 aromatic carbocycles. The summed E-state index contributed by atoms with van der Waals surface area (Å²) in [5.41, 5.74) is -0.579. The summed E-state index contributed by atoms with van der Waals surface area (Å²) in [6.07, 6.45) is -2.17. The summed E-state index contributed by atoms with van der Waals surface area (Å²) in [5.74, 6) is 0.0967. The van der Waals surface area contributed by atoms with Gasteiger partial charge in [0.15, 0.2) is 9.84 Å². The minimum absolute atomic E-state index is 0.0476. The van der Waals surface area contributed by atoms with Gasteiger partial charge in [-0.05, 0) is 31.2 Å². The number of nitrogens with zero attached hydrogens (tertiary/aromatic N) is 1. The number of hydrogen-bond acceptors (Lipinski definition) is 3. The van der Waals surface area contributed by atoms with Gasteiger partial charge in [0.05, 0.1) is 27.8 Å². The minimum Gasteiger partial charge on any atom is -0.259 e. The van der Waals surface area contributed by atoms with Crippen LogP contribution in [0.3, 0.4) is 0 Å². The fraction of sp³-hybridized carbons (Fsp3) is 0.583. The molecule has 0 bridgehead atoms. The van der Waals surface area contributed by atoms with E-state index in [1.807, 2.05) is 0 Å². The second kappa shape index (κ2) is 5.52. The van der Waals surface area contributed by atoms with Gasteiger partial charge in [-0.1, -0.05) is 11.6 Å². The second-order valence-electron chi connectivity index (χ2n) is 4.98. The smallest absolute Gasteiger partial charge is 0.259 e. The Morgan fingerprint density at radius 3 is 2.65 bits per heavy atom. The van der Waals surface area contributed by atoms with Crippen LogP contribution in [0.4, 0.5) is 13.2 Å². The molecule has 20 heavy (non-hydrogen) atoms. The van der Waals surface area contributed by atoms with E-state index >= 15 is 0 Å². The highest BCUT2D eigenvalue weighted by molar-refractivity contribution is 7.91. The van der Waals surface area contributed by atoms with Gasteiger partial charge >= 0.3 is 6.18 Å². The number of alkyl halides is 3. The van der Waals surface area contributed by atoms with Gasteiger partial charge in [-0.3, -0.25) is 4.98 Å². The number of hydrogen-bond donors (Lipinski definition) is 0. The Bertz CT molecular complexity index is 601. The molecule has 1 saturated heterocycles. The van der Waals surface area contributed by atoms with E-state index in [-0.39, 0.29) is 28.9 Å². The Labute approximate surface area is 120 Å². The number of halogens is 4. The molecule has 1 aliphatic heterocycles. The van der Waals surface area contributed by atoms with Crippen molar-refractivity contribution in [3.05, 3.63) is 28.5 Å². The lowest BCUT2D eigenvalue weighted by atomic mass is 9.99. The molecular weight excluding hydrogens is 315 g/mol. The fourth-order valence-corrected chi connectivity index (χ4v) is 4.34. The van der Waals surface area contributed by atoms with Crippen LogP contribution in [0.5, 0.6) is 0 Å². The molecule has 0 saturated carbocycles. The first-order valence-corrected chi connectivity index (χ1v) is 8.29. The molecule has 0 unspecified atom stereocenters. The number of pyridine rings is 1. The lowest BCUT2D eigenvalue weighted by Gasteiger charge is -2.22. The third-order valence-corrected chi connectivity index (χ3v) is 5.50. The summed E-state index contributed by atoms with van der Waals surface area (Å²) >= 11 is 5.81. The molecular formula is C12H13ClF3NO2S. The molecule has 1 aromatic heterocycles. The Morgan fingerprint density at radius 2 is 2.10 bits per heavy atom. The van der Waals surface area contributed by atoms with E-state index in [4.69, 9.17) is 11.6 Å². The lowest BCUT2D eigenvalue weighted by molar-refractivity contribution is -0.137. The monoisotopic (exact) mass is 327 g/mol. The largest absolute Gasteiger partial charge is 0.417 e. The molecule has 8 heteroatoms. The van der Waals surface area contributed by atoms with Crippen molar-refractivity contribution in [1.29, 1.82) is 0 Å². The van der Waals surface area contributed by atoms with Crippen molar-refractivity contribution in [3.8, 4) is 0 Å². The van der Waals surface area contributed by atoms with Crippen LogP contribution < -0.4 is 0 Å². The van der Waals surface area contributed by atoms with E-state index in [9.17, 15) is 21.6 Å². The molecule has 1 aromatic rings. The first-order chi connectivity index (χ1) is 9.17. The van der Waals surface area contributed by atoms with Gasteiger partial charge in [0, 0.05) is 6.20 Å². The Kier molecular flexibility index (Phi) is 4.30. The number of rotatable bonds is 2. The van der Waals surface area contributed by atoms with Gasteiger partial charge < -0.3 is 0 Å². The summed E-state index contributed by atoms with van der Waals surface area (Å²) in [6.45, 7) is 0. The van der Waals surface area contributed by atoms with Crippen LogP contribution in [0.1, 0.15) is 24.1 Å². The molecule has 0 radical (unpaired) electrons. The van der Waals surface area contributed by atoms with E-state index in [2.05, 4.69) is 4.98 Å². The molecule has 2 heterocycles. The number of aromatic nitrogens is 1. The van der Waals surface area contributed by atoms with Gasteiger partial charge in [0.1, 0.15) is 0 Å². The zero-order valence-corrected chi connectivity index (χ0v) is 12.0. The van der Waals surface area contributed by atoms with Crippen molar-refractivity contribution in [2.45, 2.75) is 25.4 Å². The summed E-state index contributed by atoms with van der Waals surface area (Å²) in [7, 11) is -3.05. The topological polar surface area (TPSA) is 47.0 Å². The highest BCUT2D eigenvalue weighted by Crippen LogP contribution is 2.32. The maximum Gasteiger partial charge on any atom is 0.417 e. The van der Waals surface area contributed by atoms with E-state index in [1.54, 1.807) is 0 Å². The Hall–Kier alpha value is -0.820. The SMILES string of the molecule is O=S1(=O)CCC[C@@H](Cc2ncc(C(F)(F)F)cc2Cl)C1. The third-order valence-electron chi connectivity index (χ3n) is 3.28. The molecule has 1 fully saturated rings. The molecule has 1 atom stereocenters. The zero-order valence-electron chi connectivity index (χ0n) is 10.5. The van der Waals surface area contributed by atoms with Crippen LogP contribution in [0.2, 0.25) is 5.02 Å². The maximum absolute atomic E-state index is 12.5. The Morgan fingerprint density at radius 1 is 1.40 bits per heavy atom. The maximum atomic E-state index is 12.5. The van der Waals surface area contributed by atoms with Crippen molar-refractivity contribution < 1.29 is 21.6 Å². The van der Waals surface area contributed by atoms with E-state index < -0.39 is 21.6 Å². The van der Waals surface area contributed by atoms with E-state index in [1.165, 1.54) is 0 Å². The average molecular weight is 328 g/mol. The first-order valence-electron chi connectivity index (χ1n) is 6.09. The van der Waals surface area contributed by atoms with E-state index in [0.29, 0.717) is 12.1 Å². The second-order valence-corrected chi connectivity index (χ2v) is 7.61. The van der Waals surface area contributed by atoms with Gasteiger partial charge in [0.25, 0.3) is 0 Å². The summed E-state index contributed by atoms with van der Waals surface area (Å²) in [5, 5.41) is -0.0669. The predicted molar refractivity (Wildman–Crippen MR) is 69.3 cm³/mol. The van der Waals surface area contributed by atoms with Gasteiger partial charge in [-0.15, -0.1) is 0 Å². The van der Waals surface area contributed by atoms with Crippen LogP contribution in [0.15, 0.2) is 12.3 Å². The Balaban J connectivity index is 2.14. The third kappa shape index (κ3) is 3.85. The summed E-state index contributed by atoms with van der Waals surface area (Å²) < 4.78 is 60.5. The molecule has 0 aliphatic carbocycles. The minimum atomic E-state index is -4.48. The average Bonchev–Trinajstić information content (AvgIpc) is 2.29. The standard InChI is InChI=1S/C12H13ClF3NO2S/c13-10-5-9(12(14,15)16)6-17-11(10)4-8-2-1-3-20(18,19)7-8/h5-6,8H,1-4,7H2/t8-/m0/s1. The first kappa shape index (κ1) is 15.6. The van der Waals surface area contributed by atoms with Crippen LogP contribution in [0, 0.1) is 5.92 Å². The zero-order chi connectivity index (χ0) is 15.0. The van der Waals surface area contributed by atoms with Crippen LogP contribution in [-0.2, 0) is 22.4 Å². The van der Waals surface area contributed by atoms with Gasteiger partial charge in [-0.2, -0.15) is 13.2 Å². The lowest BCUT2D eigenvalue weighted by Crippen LogP contribution is -2.26. The summed E-state index contributed by atoms with van der Waals surface area (Å²) in [4.78, 5) is 3.74. The van der Waals surface area contributed by atoms with Crippen LogP contribution >= 0.6 is 11.6 Å². The quantitative estimate of drug-likeness (QED) is 0.838. The van der Waals surface area contributed by atoms with Crippen LogP contribution in [0.25, 0.3) is 0 Å². The van der Waals surface area contributed by atoms with Crippen LogP contribution in [-0.4, -0.2) is 24.9 Å². The van der Waals surface area contributed by atoms with Crippen molar-refractivity contribution in [2.24, 2.45) is 5.92 Å². The van der Waals surface area contributed by atoms with Crippen molar-refractivity contribution in [3.63, 3.8) is 0 Å². The molecule has 112 valence electrons. The van der Waals surface area contributed by atoms with E-state index in [0.717, 1.165) is 18.7 Å². The highest BCUT2D eigenvalue weighted by Gasteiger charge is 2.32. The molecule has 0 amide bonds. The number of sulfone groups is 1. The highest BCUT2D eigenvalue weighted by atomic mass is 35.5. The normalized spacial score (nSPS) is 22.7. The van der Waals surface area contributed by atoms with Gasteiger partial charge in [-0.25, -0.2) is 8.42 Å².